The molecule has 2 aromatic heterocycles. The van der Waals surface area contributed by atoms with Crippen LogP contribution in [0.15, 0.2) is 71.8 Å². The number of nitrogens with one attached hydrogen (secondary N) is 1. The van der Waals surface area contributed by atoms with Gasteiger partial charge in [0, 0.05) is 49.9 Å². The zero-order valence-corrected chi connectivity index (χ0v) is 20.0. The zero-order valence-electron chi connectivity index (χ0n) is 20.0. The summed E-state index contributed by atoms with van der Waals surface area (Å²) in [4.78, 5) is 34.6. The SMILES string of the molecule is CC(C)c1ccc(NC(=O)Cn2nc3c(N4CCN(c5ccccc5)CC4)nccn3c2=O)cc1. The van der Waals surface area contributed by atoms with Crippen LogP contribution in [0, 0.1) is 0 Å². The van der Waals surface area contributed by atoms with E-state index in [-0.39, 0.29) is 18.1 Å². The van der Waals surface area contributed by atoms with E-state index in [1.807, 2.05) is 42.5 Å². The van der Waals surface area contributed by atoms with Gasteiger partial charge in [-0.1, -0.05) is 44.2 Å². The molecule has 3 heterocycles. The van der Waals surface area contributed by atoms with Gasteiger partial charge in [0.25, 0.3) is 0 Å². The minimum absolute atomic E-state index is 0.173. The first-order chi connectivity index (χ1) is 17.0. The lowest BCUT2D eigenvalue weighted by Gasteiger charge is -2.36. The summed E-state index contributed by atoms with van der Waals surface area (Å²) in [6.45, 7) is 7.27. The molecule has 1 fully saturated rings. The van der Waals surface area contributed by atoms with Gasteiger partial charge in [-0.2, -0.15) is 0 Å². The highest BCUT2D eigenvalue weighted by Gasteiger charge is 2.22. The maximum Gasteiger partial charge on any atom is 0.350 e. The number of piperazine rings is 1. The van der Waals surface area contributed by atoms with Crippen molar-refractivity contribution in [3.05, 3.63) is 83.0 Å². The van der Waals surface area contributed by atoms with Gasteiger partial charge >= 0.3 is 5.69 Å². The molecule has 0 unspecified atom stereocenters. The number of amides is 1. The van der Waals surface area contributed by atoms with E-state index in [0.717, 1.165) is 26.2 Å². The van der Waals surface area contributed by atoms with Crippen LogP contribution in [0.4, 0.5) is 17.2 Å². The molecule has 0 spiro atoms. The summed E-state index contributed by atoms with van der Waals surface area (Å²) in [6.07, 6.45) is 3.20. The lowest BCUT2D eigenvalue weighted by atomic mass is 10.0. The standard InChI is InChI=1S/C26H29N7O2/c1-19(2)20-8-10-21(11-9-20)28-23(34)18-33-26(35)32-13-12-27-24(25(32)29-33)31-16-14-30(15-17-31)22-6-4-3-5-7-22/h3-13,19H,14-18H2,1-2H3,(H,28,34). The van der Waals surface area contributed by atoms with E-state index in [4.69, 9.17) is 0 Å². The quantitative estimate of drug-likeness (QED) is 0.465. The smallest absolute Gasteiger partial charge is 0.350 e. The van der Waals surface area contributed by atoms with E-state index in [1.165, 1.54) is 20.3 Å². The van der Waals surface area contributed by atoms with Crippen LogP contribution in [-0.2, 0) is 11.3 Å². The van der Waals surface area contributed by atoms with Crippen molar-refractivity contribution in [2.24, 2.45) is 0 Å². The minimum Gasteiger partial charge on any atom is -0.368 e. The molecule has 1 aliphatic heterocycles. The number of hydrogen-bond donors (Lipinski definition) is 1. The lowest BCUT2D eigenvalue weighted by Crippen LogP contribution is -2.47. The van der Waals surface area contributed by atoms with Crippen molar-refractivity contribution in [3.8, 4) is 0 Å². The second kappa shape index (κ2) is 9.61. The topological polar surface area (TPSA) is 87.8 Å². The molecule has 0 saturated carbocycles. The summed E-state index contributed by atoms with van der Waals surface area (Å²) in [5.74, 6) is 0.764. The van der Waals surface area contributed by atoms with E-state index in [1.54, 1.807) is 12.4 Å². The van der Waals surface area contributed by atoms with E-state index in [9.17, 15) is 9.59 Å². The molecular formula is C26H29N7O2. The van der Waals surface area contributed by atoms with Gasteiger partial charge in [-0.25, -0.2) is 18.9 Å². The fourth-order valence-electron chi connectivity index (χ4n) is 4.36. The number of para-hydroxylation sites is 1. The summed E-state index contributed by atoms with van der Waals surface area (Å²) in [7, 11) is 0. The van der Waals surface area contributed by atoms with Gasteiger partial charge in [-0.05, 0) is 35.7 Å². The molecule has 35 heavy (non-hydrogen) atoms. The van der Waals surface area contributed by atoms with Crippen molar-refractivity contribution >= 4 is 28.7 Å². The van der Waals surface area contributed by atoms with Gasteiger partial charge in [-0.15, -0.1) is 5.10 Å². The van der Waals surface area contributed by atoms with E-state index in [0.29, 0.717) is 23.1 Å². The summed E-state index contributed by atoms with van der Waals surface area (Å²) < 4.78 is 2.65. The molecule has 0 radical (unpaired) electrons. The largest absolute Gasteiger partial charge is 0.368 e. The van der Waals surface area contributed by atoms with Crippen LogP contribution >= 0.6 is 0 Å². The molecule has 2 aromatic carbocycles. The van der Waals surface area contributed by atoms with Gasteiger partial charge in [0.05, 0.1) is 0 Å². The number of hydrogen-bond acceptors (Lipinski definition) is 6. The Balaban J connectivity index is 1.30. The maximum absolute atomic E-state index is 12.9. The molecule has 0 bridgehead atoms. The molecule has 1 saturated heterocycles. The first kappa shape index (κ1) is 22.6. The maximum atomic E-state index is 12.9. The Hall–Kier alpha value is -4.14. The lowest BCUT2D eigenvalue weighted by molar-refractivity contribution is -0.117. The van der Waals surface area contributed by atoms with E-state index in [2.05, 4.69) is 51.2 Å². The van der Waals surface area contributed by atoms with Crippen molar-refractivity contribution < 1.29 is 4.79 Å². The number of rotatable bonds is 6. The minimum atomic E-state index is -0.364. The van der Waals surface area contributed by atoms with Crippen molar-refractivity contribution in [2.75, 3.05) is 41.3 Å². The van der Waals surface area contributed by atoms with Gasteiger partial charge in [-0.3, -0.25) is 4.79 Å². The third kappa shape index (κ3) is 4.75. The Kier molecular flexibility index (Phi) is 6.22. The highest BCUT2D eigenvalue weighted by molar-refractivity contribution is 5.90. The number of anilines is 3. The molecule has 180 valence electrons. The fourth-order valence-corrected chi connectivity index (χ4v) is 4.36. The van der Waals surface area contributed by atoms with Crippen LogP contribution in [0.2, 0.25) is 0 Å². The Morgan fingerprint density at radius 3 is 2.34 bits per heavy atom. The molecule has 1 N–H and O–H groups in total. The molecule has 1 aliphatic rings. The average Bonchev–Trinajstić information content (AvgIpc) is 3.20. The van der Waals surface area contributed by atoms with Gasteiger partial charge in [0.2, 0.25) is 11.6 Å². The number of carbonyl (C=O) groups excluding carboxylic acids is 1. The number of aromatic nitrogens is 4. The van der Waals surface area contributed by atoms with Gasteiger partial charge < -0.3 is 15.1 Å². The first-order valence-corrected chi connectivity index (χ1v) is 11.9. The van der Waals surface area contributed by atoms with E-state index >= 15 is 0 Å². The predicted molar refractivity (Wildman–Crippen MR) is 137 cm³/mol. The summed E-state index contributed by atoms with van der Waals surface area (Å²) in [5, 5.41) is 7.32. The number of benzene rings is 2. The Labute approximate surface area is 203 Å². The second-order valence-electron chi connectivity index (χ2n) is 9.02. The third-order valence-electron chi connectivity index (χ3n) is 6.34. The molecule has 1 amide bonds. The highest BCUT2D eigenvalue weighted by atomic mass is 16.2. The van der Waals surface area contributed by atoms with Crippen LogP contribution in [0.1, 0.15) is 25.3 Å². The van der Waals surface area contributed by atoms with Crippen molar-refractivity contribution in [2.45, 2.75) is 26.3 Å². The Morgan fingerprint density at radius 1 is 0.971 bits per heavy atom. The molecular weight excluding hydrogens is 442 g/mol. The summed E-state index contributed by atoms with van der Waals surface area (Å²) >= 11 is 0. The summed E-state index contributed by atoms with van der Waals surface area (Å²) in [5.41, 5.74) is 3.18. The Morgan fingerprint density at radius 2 is 1.66 bits per heavy atom. The summed E-state index contributed by atoms with van der Waals surface area (Å²) in [6, 6.07) is 18.0. The molecule has 5 rings (SSSR count). The number of fused-ring (bicyclic) bond motifs is 1. The van der Waals surface area contributed by atoms with Crippen molar-refractivity contribution in [1.29, 1.82) is 0 Å². The first-order valence-electron chi connectivity index (χ1n) is 11.9. The van der Waals surface area contributed by atoms with Crippen molar-refractivity contribution in [3.63, 3.8) is 0 Å². The normalized spacial score (nSPS) is 14.0. The third-order valence-corrected chi connectivity index (χ3v) is 6.34. The predicted octanol–water partition coefficient (Wildman–Crippen LogP) is 2.98. The fraction of sp³-hybridized carbons (Fsp3) is 0.308. The second-order valence-corrected chi connectivity index (χ2v) is 9.02. The Bertz CT molecular complexity index is 1370. The number of nitrogens with zero attached hydrogens (tertiary/aromatic N) is 6. The monoisotopic (exact) mass is 471 g/mol. The molecule has 0 atom stereocenters. The molecule has 0 aliphatic carbocycles. The van der Waals surface area contributed by atoms with Crippen LogP contribution < -0.4 is 20.8 Å². The highest BCUT2D eigenvalue weighted by Crippen LogP contribution is 2.21. The van der Waals surface area contributed by atoms with Crippen LogP contribution in [-0.4, -0.2) is 51.3 Å². The molecule has 4 aromatic rings. The molecule has 9 nitrogen and oxygen atoms in total. The molecule has 9 heteroatoms. The van der Waals surface area contributed by atoms with Crippen LogP contribution in [0.25, 0.3) is 5.65 Å². The zero-order chi connectivity index (χ0) is 24.4. The van der Waals surface area contributed by atoms with Gasteiger partial charge in [0.15, 0.2) is 5.82 Å². The number of carbonyl (C=O) groups is 1. The van der Waals surface area contributed by atoms with Gasteiger partial charge in [0.1, 0.15) is 6.54 Å². The van der Waals surface area contributed by atoms with Crippen molar-refractivity contribution in [1.82, 2.24) is 19.2 Å². The van der Waals surface area contributed by atoms with Crippen LogP contribution in [0.5, 0.6) is 0 Å². The van der Waals surface area contributed by atoms with E-state index < -0.39 is 0 Å². The van der Waals surface area contributed by atoms with Crippen LogP contribution in [0.3, 0.4) is 0 Å². The average molecular weight is 472 g/mol.